The van der Waals surface area contributed by atoms with Gasteiger partial charge in [-0.2, -0.15) is 0 Å². The number of hydrogen-bond acceptors (Lipinski definition) is 2. The zero-order valence-electron chi connectivity index (χ0n) is 10.7. The fourth-order valence-corrected chi connectivity index (χ4v) is 1.88. The van der Waals surface area contributed by atoms with Crippen molar-refractivity contribution in [2.45, 2.75) is 19.4 Å². The predicted molar refractivity (Wildman–Crippen MR) is 72.6 cm³/mol. The first-order chi connectivity index (χ1) is 9.29. The average molecular weight is 260 g/mol. The summed E-state index contributed by atoms with van der Waals surface area (Å²) in [5.41, 5.74) is 1.89. The van der Waals surface area contributed by atoms with Crippen LogP contribution in [-0.2, 0) is 13.0 Å². The molecule has 0 amide bonds. The molecule has 0 saturated heterocycles. The molecule has 0 saturated carbocycles. The summed E-state index contributed by atoms with van der Waals surface area (Å²) in [7, 11) is 0. The number of para-hydroxylation sites is 1. The second-order valence-corrected chi connectivity index (χ2v) is 4.34. The van der Waals surface area contributed by atoms with Crippen LogP contribution in [0.25, 0.3) is 0 Å². The van der Waals surface area contributed by atoms with E-state index in [4.69, 9.17) is 9.84 Å². The minimum atomic E-state index is -0.211. The lowest BCUT2D eigenvalue weighted by molar-refractivity contribution is 0.261. The van der Waals surface area contributed by atoms with Gasteiger partial charge in [-0.15, -0.1) is 0 Å². The van der Waals surface area contributed by atoms with Crippen molar-refractivity contribution in [3.63, 3.8) is 0 Å². The Bertz CT molecular complexity index is 508. The Labute approximate surface area is 112 Å². The summed E-state index contributed by atoms with van der Waals surface area (Å²) in [5, 5.41) is 9.16. The number of benzene rings is 2. The minimum absolute atomic E-state index is 0.0197. The summed E-state index contributed by atoms with van der Waals surface area (Å²) in [4.78, 5) is 0. The highest BCUT2D eigenvalue weighted by atomic mass is 19.1. The van der Waals surface area contributed by atoms with Gasteiger partial charge >= 0.3 is 0 Å². The van der Waals surface area contributed by atoms with E-state index < -0.39 is 0 Å². The van der Waals surface area contributed by atoms with E-state index in [1.54, 1.807) is 12.1 Å². The molecule has 0 unspecified atom stereocenters. The van der Waals surface area contributed by atoms with Crippen LogP contribution in [0.15, 0.2) is 48.5 Å². The Balaban J connectivity index is 1.79. The Morgan fingerprint density at radius 2 is 1.74 bits per heavy atom. The molecule has 0 aromatic heterocycles. The molecular weight excluding hydrogens is 243 g/mol. The summed E-state index contributed by atoms with van der Waals surface area (Å²) in [6.07, 6.45) is 1.70. The van der Waals surface area contributed by atoms with E-state index in [1.807, 2.05) is 24.3 Å². The number of aliphatic hydroxyl groups is 1. The van der Waals surface area contributed by atoms with Crippen molar-refractivity contribution in [2.75, 3.05) is 6.61 Å². The molecule has 0 atom stereocenters. The fourth-order valence-electron chi connectivity index (χ4n) is 1.88. The highest BCUT2D eigenvalue weighted by molar-refractivity contribution is 5.32. The van der Waals surface area contributed by atoms with Crippen LogP contribution in [0.5, 0.6) is 5.75 Å². The maximum Gasteiger partial charge on any atom is 0.124 e. The third-order valence-electron chi connectivity index (χ3n) is 2.92. The Morgan fingerprint density at radius 1 is 1.00 bits per heavy atom. The van der Waals surface area contributed by atoms with E-state index in [0.717, 1.165) is 29.7 Å². The molecule has 0 fully saturated rings. The van der Waals surface area contributed by atoms with Crippen LogP contribution in [0.2, 0.25) is 0 Å². The maximum absolute atomic E-state index is 12.7. The van der Waals surface area contributed by atoms with Gasteiger partial charge < -0.3 is 9.84 Å². The summed E-state index contributed by atoms with van der Waals surface area (Å²) < 4.78 is 18.4. The lowest BCUT2D eigenvalue weighted by Gasteiger charge is -2.09. The number of hydrogen-bond donors (Lipinski definition) is 1. The Kier molecular flexibility index (Phi) is 4.93. The van der Waals surface area contributed by atoms with E-state index in [9.17, 15) is 4.39 Å². The highest BCUT2D eigenvalue weighted by Crippen LogP contribution is 2.18. The van der Waals surface area contributed by atoms with Gasteiger partial charge in [0.25, 0.3) is 0 Å². The fraction of sp³-hybridized carbons (Fsp3) is 0.250. The third kappa shape index (κ3) is 4.07. The molecule has 2 nitrogen and oxygen atoms in total. The first kappa shape index (κ1) is 13.6. The monoisotopic (exact) mass is 260 g/mol. The van der Waals surface area contributed by atoms with Crippen LogP contribution < -0.4 is 4.74 Å². The molecule has 19 heavy (non-hydrogen) atoms. The zero-order chi connectivity index (χ0) is 13.5. The molecule has 0 aliphatic rings. The molecule has 2 rings (SSSR count). The SMILES string of the molecule is OCc1ccccc1OCCCc1ccc(F)cc1. The molecule has 0 spiro atoms. The van der Waals surface area contributed by atoms with Crippen molar-refractivity contribution in [3.8, 4) is 5.75 Å². The molecule has 100 valence electrons. The molecule has 3 heteroatoms. The molecule has 1 N–H and O–H groups in total. The largest absolute Gasteiger partial charge is 0.493 e. The molecule has 0 aliphatic heterocycles. The number of aryl methyl sites for hydroxylation is 1. The van der Waals surface area contributed by atoms with Crippen LogP contribution in [0, 0.1) is 5.82 Å². The van der Waals surface area contributed by atoms with E-state index in [-0.39, 0.29) is 12.4 Å². The first-order valence-corrected chi connectivity index (χ1v) is 6.35. The van der Waals surface area contributed by atoms with E-state index >= 15 is 0 Å². The summed E-state index contributed by atoms with van der Waals surface area (Å²) in [6.45, 7) is 0.558. The number of ether oxygens (including phenoxy) is 1. The van der Waals surface area contributed by atoms with Gasteiger partial charge in [-0.05, 0) is 36.6 Å². The van der Waals surface area contributed by atoms with Crippen LogP contribution in [0.3, 0.4) is 0 Å². The minimum Gasteiger partial charge on any atom is -0.493 e. The Morgan fingerprint density at radius 3 is 2.47 bits per heavy atom. The van der Waals surface area contributed by atoms with E-state index in [2.05, 4.69) is 0 Å². The first-order valence-electron chi connectivity index (χ1n) is 6.35. The van der Waals surface area contributed by atoms with Gasteiger partial charge in [-0.1, -0.05) is 30.3 Å². The number of halogens is 1. The van der Waals surface area contributed by atoms with Crippen molar-refractivity contribution in [2.24, 2.45) is 0 Å². The van der Waals surface area contributed by atoms with Gasteiger partial charge in [-0.3, -0.25) is 0 Å². The quantitative estimate of drug-likeness (QED) is 0.807. The molecule has 2 aromatic rings. The third-order valence-corrected chi connectivity index (χ3v) is 2.92. The van der Waals surface area contributed by atoms with Gasteiger partial charge in [0.15, 0.2) is 0 Å². The molecule has 2 aromatic carbocycles. The maximum atomic E-state index is 12.7. The molecule has 0 radical (unpaired) electrons. The molecular formula is C16H17FO2. The smallest absolute Gasteiger partial charge is 0.124 e. The van der Waals surface area contributed by atoms with Gasteiger partial charge in [0.1, 0.15) is 11.6 Å². The standard InChI is InChI=1S/C16H17FO2/c17-15-9-7-13(8-10-15)4-3-11-19-16-6-2-1-5-14(16)12-18/h1-2,5-10,18H,3-4,11-12H2. The normalized spacial score (nSPS) is 10.4. The molecule has 0 aliphatic carbocycles. The summed E-state index contributed by atoms with van der Waals surface area (Å²) >= 11 is 0. The number of rotatable bonds is 6. The lowest BCUT2D eigenvalue weighted by Crippen LogP contribution is -2.01. The topological polar surface area (TPSA) is 29.5 Å². The van der Waals surface area contributed by atoms with Crippen LogP contribution in [-0.4, -0.2) is 11.7 Å². The molecule has 0 heterocycles. The van der Waals surface area contributed by atoms with E-state index in [0.29, 0.717) is 6.61 Å². The summed E-state index contributed by atoms with van der Waals surface area (Å²) in [5.74, 6) is 0.515. The Hall–Kier alpha value is -1.87. The van der Waals surface area contributed by atoms with Crippen LogP contribution in [0.4, 0.5) is 4.39 Å². The van der Waals surface area contributed by atoms with Crippen molar-refractivity contribution in [3.05, 3.63) is 65.5 Å². The van der Waals surface area contributed by atoms with Crippen molar-refractivity contribution in [1.29, 1.82) is 0 Å². The lowest BCUT2D eigenvalue weighted by atomic mass is 10.1. The van der Waals surface area contributed by atoms with Gasteiger partial charge in [0, 0.05) is 5.56 Å². The predicted octanol–water partition coefficient (Wildman–Crippen LogP) is 3.33. The highest BCUT2D eigenvalue weighted by Gasteiger charge is 2.01. The number of aliphatic hydroxyl groups excluding tert-OH is 1. The summed E-state index contributed by atoms with van der Waals surface area (Å²) in [6, 6.07) is 14.0. The second-order valence-electron chi connectivity index (χ2n) is 4.34. The van der Waals surface area contributed by atoms with Crippen molar-refractivity contribution >= 4 is 0 Å². The van der Waals surface area contributed by atoms with Crippen LogP contribution in [0.1, 0.15) is 17.5 Å². The van der Waals surface area contributed by atoms with Crippen LogP contribution >= 0.6 is 0 Å². The van der Waals surface area contributed by atoms with Crippen molar-refractivity contribution in [1.82, 2.24) is 0 Å². The second kappa shape index (κ2) is 6.90. The molecule has 0 bridgehead atoms. The van der Waals surface area contributed by atoms with Crippen molar-refractivity contribution < 1.29 is 14.2 Å². The van der Waals surface area contributed by atoms with Gasteiger partial charge in [0.2, 0.25) is 0 Å². The van der Waals surface area contributed by atoms with Gasteiger partial charge in [0.05, 0.1) is 13.2 Å². The van der Waals surface area contributed by atoms with Gasteiger partial charge in [-0.25, -0.2) is 4.39 Å². The zero-order valence-corrected chi connectivity index (χ0v) is 10.7. The van der Waals surface area contributed by atoms with E-state index in [1.165, 1.54) is 12.1 Å². The average Bonchev–Trinajstić information content (AvgIpc) is 2.46.